The summed E-state index contributed by atoms with van der Waals surface area (Å²) < 4.78 is 1.33. The van der Waals surface area contributed by atoms with Gasteiger partial charge in [0, 0.05) is 30.1 Å². The number of para-hydroxylation sites is 1. The molecule has 1 saturated heterocycles. The van der Waals surface area contributed by atoms with Gasteiger partial charge in [0.15, 0.2) is 6.04 Å². The van der Waals surface area contributed by atoms with Gasteiger partial charge in [-0.1, -0.05) is 18.2 Å². The van der Waals surface area contributed by atoms with E-state index in [1.165, 1.54) is 4.58 Å². The molecule has 1 aromatic heterocycles. The summed E-state index contributed by atoms with van der Waals surface area (Å²) in [6, 6.07) is 7.74. The van der Waals surface area contributed by atoms with Crippen molar-refractivity contribution in [1.29, 1.82) is 0 Å². The van der Waals surface area contributed by atoms with Crippen LogP contribution in [0.2, 0.25) is 0 Å². The van der Waals surface area contributed by atoms with Crippen molar-refractivity contribution in [1.82, 2.24) is 9.88 Å². The van der Waals surface area contributed by atoms with Crippen LogP contribution in [-0.4, -0.2) is 52.6 Å². The highest BCUT2D eigenvalue weighted by molar-refractivity contribution is 5.86. The normalized spacial score (nSPS) is 17.6. The molecule has 1 aliphatic rings. The molecule has 3 rings (SSSR count). The number of benzene rings is 1. The molecule has 5 heteroatoms. The molecule has 0 unspecified atom stereocenters. The van der Waals surface area contributed by atoms with Gasteiger partial charge in [-0.3, -0.25) is 4.79 Å². The molecule has 5 nitrogen and oxygen atoms in total. The number of carbonyl (C=O) groups excluding carboxylic acids is 2. The number of fused-ring (bicyclic) bond motifs is 1. The van der Waals surface area contributed by atoms with Crippen LogP contribution in [0.1, 0.15) is 24.8 Å². The first kappa shape index (κ1) is 15.5. The van der Waals surface area contributed by atoms with Crippen LogP contribution in [0.3, 0.4) is 0 Å². The summed E-state index contributed by atoms with van der Waals surface area (Å²) in [4.78, 5) is 29.6. The molecule has 2 aromatic rings. The number of hydrogen-bond acceptors (Lipinski definition) is 2. The second-order valence-corrected chi connectivity index (χ2v) is 6.14. The van der Waals surface area contributed by atoms with Crippen molar-refractivity contribution in [2.75, 3.05) is 13.6 Å². The summed E-state index contributed by atoms with van der Waals surface area (Å²) in [5.41, 5.74) is 2.23. The lowest BCUT2D eigenvalue weighted by Gasteiger charge is -2.21. The number of hydrogen-bond donors (Lipinski definition) is 1. The maximum absolute atomic E-state index is 12.5. The van der Waals surface area contributed by atoms with Crippen molar-refractivity contribution < 1.29 is 14.2 Å². The topological polar surface area (TPSA) is 56.2 Å². The van der Waals surface area contributed by atoms with E-state index in [1.54, 1.807) is 11.9 Å². The molecule has 23 heavy (non-hydrogen) atoms. The Morgan fingerprint density at radius 1 is 1.39 bits per heavy atom. The summed E-state index contributed by atoms with van der Waals surface area (Å²) in [6.07, 6.45) is 4.68. The second kappa shape index (κ2) is 6.36. The Balaban J connectivity index is 1.67. The standard InChI is InChI=1S/C18H22N3O2/c1-20(2)18(23)16-8-5-11-21(16)17(22)10-9-13-12-19-15-7-4-3-6-14(13)15/h3-4,6-7,12,16,19H,1,5,8-11H2,2H3/q+1/t16-/m0/s1. The Morgan fingerprint density at radius 3 is 2.96 bits per heavy atom. The van der Waals surface area contributed by atoms with E-state index in [1.807, 2.05) is 24.4 Å². The minimum absolute atomic E-state index is 0.0491. The lowest BCUT2D eigenvalue weighted by atomic mass is 10.1. The minimum atomic E-state index is -0.340. The van der Waals surface area contributed by atoms with Gasteiger partial charge >= 0.3 is 5.91 Å². The van der Waals surface area contributed by atoms with Crippen LogP contribution in [0, 0.1) is 0 Å². The SMILES string of the molecule is C=[N+](C)C(=O)[C@@H]1CCCN1C(=O)CCc1c[nH]c2ccccc12. The lowest BCUT2D eigenvalue weighted by molar-refractivity contribution is -0.413. The predicted molar refractivity (Wildman–Crippen MR) is 89.7 cm³/mol. The fourth-order valence-corrected chi connectivity index (χ4v) is 3.30. The number of aromatic nitrogens is 1. The maximum Gasteiger partial charge on any atom is 0.408 e. The van der Waals surface area contributed by atoms with Crippen molar-refractivity contribution in [2.45, 2.75) is 31.7 Å². The number of aromatic amines is 1. The molecule has 1 fully saturated rings. The Bertz CT molecular complexity index is 762. The van der Waals surface area contributed by atoms with Crippen LogP contribution < -0.4 is 0 Å². The summed E-state index contributed by atoms with van der Waals surface area (Å²) >= 11 is 0. The van der Waals surface area contributed by atoms with E-state index in [2.05, 4.69) is 17.8 Å². The summed E-state index contributed by atoms with van der Waals surface area (Å²) in [7, 11) is 1.63. The molecule has 0 radical (unpaired) electrons. The summed E-state index contributed by atoms with van der Waals surface area (Å²) in [5.74, 6) is -0.0316. The molecule has 1 aliphatic heterocycles. The Hall–Kier alpha value is -2.43. The third kappa shape index (κ3) is 3.04. The zero-order chi connectivity index (χ0) is 16.4. The smallest absolute Gasteiger partial charge is 0.361 e. The Kier molecular flexibility index (Phi) is 4.28. The highest BCUT2D eigenvalue weighted by atomic mass is 16.2. The first-order valence-corrected chi connectivity index (χ1v) is 8.00. The third-order valence-electron chi connectivity index (χ3n) is 4.52. The van der Waals surface area contributed by atoms with Crippen molar-refractivity contribution in [3.8, 4) is 0 Å². The minimum Gasteiger partial charge on any atom is -0.361 e. The first-order valence-electron chi connectivity index (χ1n) is 8.00. The van der Waals surface area contributed by atoms with Crippen LogP contribution in [0.25, 0.3) is 10.9 Å². The second-order valence-electron chi connectivity index (χ2n) is 6.14. The molecular weight excluding hydrogens is 290 g/mol. The van der Waals surface area contributed by atoms with Crippen LogP contribution in [0.15, 0.2) is 30.5 Å². The van der Waals surface area contributed by atoms with Gasteiger partial charge in [0.25, 0.3) is 0 Å². The van der Waals surface area contributed by atoms with Gasteiger partial charge in [0.1, 0.15) is 13.8 Å². The molecule has 0 spiro atoms. The monoisotopic (exact) mass is 312 g/mol. The van der Waals surface area contributed by atoms with E-state index < -0.39 is 0 Å². The highest BCUT2D eigenvalue weighted by Crippen LogP contribution is 2.22. The van der Waals surface area contributed by atoms with E-state index in [4.69, 9.17) is 0 Å². The molecule has 1 atom stereocenters. The average Bonchev–Trinajstić information content (AvgIpc) is 3.19. The average molecular weight is 312 g/mol. The zero-order valence-electron chi connectivity index (χ0n) is 13.4. The van der Waals surface area contributed by atoms with Crippen molar-refractivity contribution in [3.05, 3.63) is 36.0 Å². The van der Waals surface area contributed by atoms with Gasteiger partial charge < -0.3 is 9.88 Å². The van der Waals surface area contributed by atoms with Crippen LogP contribution in [0.5, 0.6) is 0 Å². The van der Waals surface area contributed by atoms with Crippen LogP contribution >= 0.6 is 0 Å². The van der Waals surface area contributed by atoms with Gasteiger partial charge in [-0.05, 0) is 30.9 Å². The number of carbonyl (C=O) groups is 2. The Morgan fingerprint density at radius 2 is 2.17 bits per heavy atom. The summed E-state index contributed by atoms with van der Waals surface area (Å²) in [5, 5.41) is 1.16. The molecule has 2 heterocycles. The molecule has 2 amide bonds. The number of amides is 2. The number of aryl methyl sites for hydroxylation is 1. The van der Waals surface area contributed by atoms with Gasteiger partial charge in [0.05, 0.1) is 0 Å². The summed E-state index contributed by atoms with van der Waals surface area (Å²) in [6.45, 7) is 4.30. The first-order chi connectivity index (χ1) is 11.1. The van der Waals surface area contributed by atoms with Gasteiger partial charge in [0.2, 0.25) is 5.91 Å². The Labute approximate surface area is 135 Å². The van der Waals surface area contributed by atoms with Crippen molar-refractivity contribution >= 4 is 29.4 Å². The van der Waals surface area contributed by atoms with Gasteiger partial charge in [-0.2, -0.15) is 4.58 Å². The maximum atomic E-state index is 12.5. The molecular formula is C18H22N3O2+. The fourth-order valence-electron chi connectivity index (χ4n) is 3.30. The fraction of sp³-hybridized carbons (Fsp3) is 0.389. The molecule has 0 aliphatic carbocycles. The number of likely N-dealkylation sites (N-methyl/N-ethyl adjacent to an activating group) is 1. The van der Waals surface area contributed by atoms with Crippen LogP contribution in [-0.2, 0) is 16.0 Å². The van der Waals surface area contributed by atoms with E-state index in [9.17, 15) is 9.59 Å². The van der Waals surface area contributed by atoms with Gasteiger partial charge in [-0.25, -0.2) is 4.79 Å². The van der Waals surface area contributed by atoms with E-state index in [0.29, 0.717) is 19.4 Å². The van der Waals surface area contributed by atoms with Crippen LogP contribution in [0.4, 0.5) is 0 Å². The molecule has 0 bridgehead atoms. The predicted octanol–water partition coefficient (Wildman–Crippen LogP) is 1.96. The molecule has 120 valence electrons. The van der Waals surface area contributed by atoms with E-state index in [0.717, 1.165) is 29.3 Å². The number of nitrogens with one attached hydrogen (secondary N) is 1. The third-order valence-corrected chi connectivity index (χ3v) is 4.52. The number of nitrogens with zero attached hydrogens (tertiary/aromatic N) is 2. The quantitative estimate of drug-likeness (QED) is 0.693. The lowest BCUT2D eigenvalue weighted by Crippen LogP contribution is -2.43. The zero-order valence-corrected chi connectivity index (χ0v) is 13.4. The number of likely N-dealkylation sites (tertiary alicyclic amines) is 1. The molecule has 0 saturated carbocycles. The largest absolute Gasteiger partial charge is 0.408 e. The van der Waals surface area contributed by atoms with Crippen molar-refractivity contribution in [2.24, 2.45) is 0 Å². The highest BCUT2D eigenvalue weighted by Gasteiger charge is 2.38. The van der Waals surface area contributed by atoms with Crippen molar-refractivity contribution in [3.63, 3.8) is 0 Å². The van der Waals surface area contributed by atoms with E-state index >= 15 is 0 Å². The van der Waals surface area contributed by atoms with E-state index in [-0.39, 0.29) is 17.9 Å². The van der Waals surface area contributed by atoms with Gasteiger partial charge in [-0.15, -0.1) is 0 Å². The molecule has 1 aromatic carbocycles. The number of H-pyrrole nitrogens is 1. The molecule has 1 N–H and O–H groups in total. The number of rotatable bonds is 4.